The van der Waals surface area contributed by atoms with E-state index in [0.29, 0.717) is 10.7 Å². The third-order valence-electron chi connectivity index (χ3n) is 4.87. The minimum Gasteiger partial charge on any atom is -0.350 e. The van der Waals surface area contributed by atoms with Crippen LogP contribution in [0, 0.1) is 13.8 Å². The van der Waals surface area contributed by atoms with Crippen molar-refractivity contribution in [1.29, 1.82) is 0 Å². The molecule has 0 saturated carbocycles. The quantitative estimate of drug-likeness (QED) is 0.587. The molecular formula is C23H23ClN2O3S. The summed E-state index contributed by atoms with van der Waals surface area (Å²) in [6.45, 7) is 3.72. The highest BCUT2D eigenvalue weighted by Crippen LogP contribution is 2.28. The molecule has 0 aliphatic carbocycles. The van der Waals surface area contributed by atoms with Gasteiger partial charge in [-0.3, -0.25) is 9.10 Å². The highest BCUT2D eigenvalue weighted by Gasteiger charge is 2.28. The first-order valence-electron chi connectivity index (χ1n) is 9.44. The van der Waals surface area contributed by atoms with Gasteiger partial charge in [0.2, 0.25) is 5.91 Å². The monoisotopic (exact) mass is 442 g/mol. The second-order valence-corrected chi connectivity index (χ2v) is 9.25. The summed E-state index contributed by atoms with van der Waals surface area (Å²) in [5.74, 6) is -0.398. The van der Waals surface area contributed by atoms with Crippen molar-refractivity contribution in [2.45, 2.75) is 25.3 Å². The molecule has 156 valence electrons. The van der Waals surface area contributed by atoms with Crippen molar-refractivity contribution in [3.8, 4) is 0 Å². The molecule has 3 aromatic rings. The first-order chi connectivity index (χ1) is 14.3. The molecule has 0 bridgehead atoms. The molecule has 5 nitrogen and oxygen atoms in total. The Labute approximate surface area is 182 Å². The van der Waals surface area contributed by atoms with Gasteiger partial charge in [-0.25, -0.2) is 8.42 Å². The average Bonchev–Trinajstić information content (AvgIpc) is 2.74. The number of rotatable bonds is 7. The SMILES string of the molecule is Cc1cccc(N(CC(=O)NCc2ccc(Cl)cc2)S(=O)(=O)c2ccccc2)c1C. The molecule has 3 aromatic carbocycles. The number of amides is 1. The molecule has 0 aliphatic heterocycles. The molecule has 0 fully saturated rings. The van der Waals surface area contributed by atoms with E-state index in [-0.39, 0.29) is 18.0 Å². The number of hydrogen-bond donors (Lipinski definition) is 1. The van der Waals surface area contributed by atoms with Crippen molar-refractivity contribution in [3.63, 3.8) is 0 Å². The van der Waals surface area contributed by atoms with Gasteiger partial charge in [0.1, 0.15) is 6.54 Å². The van der Waals surface area contributed by atoms with Crippen molar-refractivity contribution < 1.29 is 13.2 Å². The minimum absolute atomic E-state index is 0.136. The van der Waals surface area contributed by atoms with Gasteiger partial charge < -0.3 is 5.32 Å². The molecule has 7 heteroatoms. The van der Waals surface area contributed by atoms with Crippen LogP contribution in [0.25, 0.3) is 0 Å². The van der Waals surface area contributed by atoms with Crippen LogP contribution >= 0.6 is 11.6 Å². The van der Waals surface area contributed by atoms with Crippen molar-refractivity contribution in [3.05, 3.63) is 94.5 Å². The summed E-state index contributed by atoms with van der Waals surface area (Å²) >= 11 is 5.89. The molecule has 3 rings (SSSR count). The van der Waals surface area contributed by atoms with E-state index < -0.39 is 15.9 Å². The topological polar surface area (TPSA) is 66.5 Å². The van der Waals surface area contributed by atoms with Crippen LogP contribution in [0.1, 0.15) is 16.7 Å². The van der Waals surface area contributed by atoms with E-state index in [2.05, 4.69) is 5.32 Å². The van der Waals surface area contributed by atoms with Gasteiger partial charge in [-0.05, 0) is 60.9 Å². The summed E-state index contributed by atoms with van der Waals surface area (Å²) in [7, 11) is -3.92. The Balaban J connectivity index is 1.89. The zero-order chi connectivity index (χ0) is 21.7. The summed E-state index contributed by atoms with van der Waals surface area (Å²) in [4.78, 5) is 12.8. The van der Waals surface area contributed by atoms with E-state index in [1.54, 1.807) is 42.5 Å². The number of benzene rings is 3. The summed E-state index contributed by atoms with van der Waals surface area (Å²) in [5.41, 5.74) is 3.11. The first kappa shape index (κ1) is 21.9. The summed E-state index contributed by atoms with van der Waals surface area (Å²) in [6.07, 6.45) is 0. The first-order valence-corrected chi connectivity index (χ1v) is 11.3. The number of nitrogens with one attached hydrogen (secondary N) is 1. The lowest BCUT2D eigenvalue weighted by atomic mass is 10.1. The molecule has 1 N–H and O–H groups in total. The maximum Gasteiger partial charge on any atom is 0.264 e. The van der Waals surface area contributed by atoms with Crippen molar-refractivity contribution in [1.82, 2.24) is 5.32 Å². The van der Waals surface area contributed by atoms with E-state index in [4.69, 9.17) is 11.6 Å². The third kappa shape index (κ3) is 5.01. The van der Waals surface area contributed by atoms with Gasteiger partial charge in [0.15, 0.2) is 0 Å². The maximum absolute atomic E-state index is 13.4. The van der Waals surface area contributed by atoms with Gasteiger partial charge in [0.05, 0.1) is 10.6 Å². The van der Waals surface area contributed by atoms with E-state index in [9.17, 15) is 13.2 Å². The number of carbonyl (C=O) groups is 1. The highest BCUT2D eigenvalue weighted by atomic mass is 35.5. The molecule has 0 radical (unpaired) electrons. The van der Waals surface area contributed by atoms with Crippen LogP contribution in [0.4, 0.5) is 5.69 Å². The van der Waals surface area contributed by atoms with Gasteiger partial charge in [0, 0.05) is 11.6 Å². The smallest absolute Gasteiger partial charge is 0.264 e. The molecule has 0 unspecified atom stereocenters. The third-order valence-corrected chi connectivity index (χ3v) is 6.89. The van der Waals surface area contributed by atoms with E-state index in [0.717, 1.165) is 16.7 Å². The van der Waals surface area contributed by atoms with Crippen LogP contribution in [-0.4, -0.2) is 20.9 Å². The molecule has 0 spiro atoms. The Hall–Kier alpha value is -2.83. The standard InChI is InChI=1S/C23H23ClN2O3S/c1-17-7-6-10-22(18(17)2)26(30(28,29)21-8-4-3-5-9-21)16-23(27)25-15-19-11-13-20(24)14-12-19/h3-14H,15-16H2,1-2H3,(H,25,27). The van der Waals surface area contributed by atoms with Crippen molar-refractivity contribution in [2.75, 3.05) is 10.8 Å². The Morgan fingerprint density at radius 1 is 0.933 bits per heavy atom. The van der Waals surface area contributed by atoms with Crippen molar-refractivity contribution >= 4 is 33.2 Å². The fourth-order valence-corrected chi connectivity index (χ4v) is 4.64. The zero-order valence-electron chi connectivity index (χ0n) is 16.8. The summed E-state index contributed by atoms with van der Waals surface area (Å²) in [5, 5.41) is 3.40. The predicted octanol–water partition coefficient (Wildman–Crippen LogP) is 4.47. The Morgan fingerprint density at radius 3 is 2.27 bits per heavy atom. The number of halogens is 1. The lowest BCUT2D eigenvalue weighted by Gasteiger charge is -2.26. The predicted molar refractivity (Wildman–Crippen MR) is 120 cm³/mol. The van der Waals surface area contributed by atoms with E-state index in [1.165, 1.54) is 16.4 Å². The summed E-state index contributed by atoms with van der Waals surface area (Å²) < 4.78 is 27.9. The normalized spacial score (nSPS) is 11.2. The summed E-state index contributed by atoms with van der Waals surface area (Å²) in [6, 6.07) is 20.6. The molecule has 0 aliphatic rings. The second kappa shape index (κ2) is 9.32. The number of sulfonamides is 1. The number of anilines is 1. The van der Waals surface area contributed by atoms with E-state index in [1.807, 2.05) is 32.0 Å². The number of hydrogen-bond acceptors (Lipinski definition) is 3. The molecule has 30 heavy (non-hydrogen) atoms. The van der Waals surface area contributed by atoms with Gasteiger partial charge in [0.25, 0.3) is 10.0 Å². The van der Waals surface area contributed by atoms with Crippen LogP contribution in [0.15, 0.2) is 77.7 Å². The van der Waals surface area contributed by atoms with Crippen LogP contribution in [0.3, 0.4) is 0 Å². The van der Waals surface area contributed by atoms with Gasteiger partial charge >= 0.3 is 0 Å². The van der Waals surface area contributed by atoms with Crippen LogP contribution in [-0.2, 0) is 21.4 Å². The Bertz CT molecular complexity index is 1130. The van der Waals surface area contributed by atoms with Gasteiger partial charge in [-0.1, -0.05) is 54.1 Å². The lowest BCUT2D eigenvalue weighted by molar-refractivity contribution is -0.119. The van der Waals surface area contributed by atoms with Gasteiger partial charge in [-0.15, -0.1) is 0 Å². The van der Waals surface area contributed by atoms with Crippen LogP contribution < -0.4 is 9.62 Å². The Kier molecular flexibility index (Phi) is 6.80. The lowest BCUT2D eigenvalue weighted by Crippen LogP contribution is -2.41. The Morgan fingerprint density at radius 2 is 1.60 bits per heavy atom. The number of aryl methyl sites for hydroxylation is 1. The fourth-order valence-electron chi connectivity index (χ4n) is 3.01. The molecule has 1 amide bonds. The molecule has 0 heterocycles. The molecule has 0 saturated heterocycles. The zero-order valence-corrected chi connectivity index (χ0v) is 18.4. The second-order valence-electron chi connectivity index (χ2n) is 6.95. The fraction of sp³-hybridized carbons (Fsp3) is 0.174. The number of nitrogens with zero attached hydrogens (tertiary/aromatic N) is 1. The van der Waals surface area contributed by atoms with Crippen LogP contribution in [0.5, 0.6) is 0 Å². The van der Waals surface area contributed by atoms with Gasteiger partial charge in [-0.2, -0.15) is 0 Å². The molecular weight excluding hydrogens is 420 g/mol. The minimum atomic E-state index is -3.92. The maximum atomic E-state index is 13.4. The molecule has 0 atom stereocenters. The van der Waals surface area contributed by atoms with E-state index >= 15 is 0 Å². The van der Waals surface area contributed by atoms with Crippen molar-refractivity contribution in [2.24, 2.45) is 0 Å². The number of carbonyl (C=O) groups excluding carboxylic acids is 1. The average molecular weight is 443 g/mol. The largest absolute Gasteiger partial charge is 0.350 e. The molecule has 0 aromatic heterocycles. The highest BCUT2D eigenvalue weighted by molar-refractivity contribution is 7.92. The van der Waals surface area contributed by atoms with Crippen LogP contribution in [0.2, 0.25) is 5.02 Å².